The van der Waals surface area contributed by atoms with E-state index in [0.29, 0.717) is 37.6 Å². The average Bonchev–Trinajstić information content (AvgIpc) is 3.21. The zero-order valence-electron chi connectivity index (χ0n) is 15.9. The lowest BCUT2D eigenvalue weighted by Gasteiger charge is -2.07. The molecule has 1 aromatic heterocycles. The Labute approximate surface area is 164 Å². The van der Waals surface area contributed by atoms with E-state index in [1.165, 1.54) is 0 Å². The van der Waals surface area contributed by atoms with Crippen molar-refractivity contribution in [1.82, 2.24) is 15.2 Å². The molecular weight excluding hydrogens is 354 g/mol. The summed E-state index contributed by atoms with van der Waals surface area (Å²) in [5, 5.41) is 9.82. The van der Waals surface area contributed by atoms with E-state index < -0.39 is 0 Å². The Morgan fingerprint density at radius 3 is 2.54 bits per heavy atom. The maximum absolute atomic E-state index is 12.2. The number of anilines is 1. The number of aromatic amines is 1. The first-order valence-corrected chi connectivity index (χ1v) is 9.41. The highest BCUT2D eigenvalue weighted by molar-refractivity contribution is 5.91. The number of carbonyl (C=O) groups excluding carboxylic acids is 1. The SMILES string of the molecule is CCCOc1ccc(CCC(=O)Nc2ccc(-c3n[nH]c(CN)n3)cc2)cc1. The summed E-state index contributed by atoms with van der Waals surface area (Å²) >= 11 is 0. The highest BCUT2D eigenvalue weighted by atomic mass is 16.5. The number of nitrogens with zero attached hydrogens (tertiary/aromatic N) is 2. The summed E-state index contributed by atoms with van der Waals surface area (Å²) in [5.74, 6) is 2.06. The van der Waals surface area contributed by atoms with Crippen molar-refractivity contribution in [3.63, 3.8) is 0 Å². The van der Waals surface area contributed by atoms with Gasteiger partial charge in [-0.1, -0.05) is 19.1 Å². The van der Waals surface area contributed by atoms with Crippen LogP contribution >= 0.6 is 0 Å². The zero-order valence-corrected chi connectivity index (χ0v) is 15.9. The van der Waals surface area contributed by atoms with Gasteiger partial charge in [0.2, 0.25) is 5.91 Å². The molecule has 3 aromatic rings. The molecule has 0 spiro atoms. The van der Waals surface area contributed by atoms with E-state index in [1.807, 2.05) is 48.5 Å². The van der Waals surface area contributed by atoms with E-state index in [-0.39, 0.29) is 5.91 Å². The Morgan fingerprint density at radius 2 is 1.89 bits per heavy atom. The number of rotatable bonds is 9. The molecule has 4 N–H and O–H groups in total. The van der Waals surface area contributed by atoms with Crippen molar-refractivity contribution in [2.45, 2.75) is 32.7 Å². The van der Waals surface area contributed by atoms with Crippen molar-refractivity contribution in [1.29, 1.82) is 0 Å². The van der Waals surface area contributed by atoms with Crippen LogP contribution in [0.4, 0.5) is 5.69 Å². The number of ether oxygens (including phenoxy) is 1. The molecule has 0 saturated heterocycles. The summed E-state index contributed by atoms with van der Waals surface area (Å²) in [6.07, 6.45) is 2.07. The Bertz CT molecular complexity index is 888. The lowest BCUT2D eigenvalue weighted by Crippen LogP contribution is -2.12. The molecule has 0 aliphatic heterocycles. The highest BCUT2D eigenvalue weighted by Gasteiger charge is 2.07. The molecule has 2 aromatic carbocycles. The first-order chi connectivity index (χ1) is 13.7. The van der Waals surface area contributed by atoms with Crippen LogP contribution in [0.25, 0.3) is 11.4 Å². The molecule has 3 rings (SSSR count). The second-order valence-electron chi connectivity index (χ2n) is 6.43. The molecule has 7 heteroatoms. The van der Waals surface area contributed by atoms with Gasteiger partial charge in [0, 0.05) is 17.7 Å². The van der Waals surface area contributed by atoms with Gasteiger partial charge in [-0.3, -0.25) is 9.89 Å². The van der Waals surface area contributed by atoms with Crippen molar-refractivity contribution >= 4 is 11.6 Å². The molecule has 0 aliphatic carbocycles. The third kappa shape index (κ3) is 5.40. The molecular formula is C21H25N5O2. The van der Waals surface area contributed by atoms with Crippen LogP contribution in [-0.4, -0.2) is 27.7 Å². The zero-order chi connectivity index (χ0) is 19.8. The van der Waals surface area contributed by atoms with Crippen molar-refractivity contribution in [3.8, 4) is 17.1 Å². The molecule has 0 fully saturated rings. The second kappa shape index (κ2) is 9.66. The smallest absolute Gasteiger partial charge is 0.224 e. The van der Waals surface area contributed by atoms with Crippen molar-refractivity contribution in [2.75, 3.05) is 11.9 Å². The molecule has 146 valence electrons. The van der Waals surface area contributed by atoms with Gasteiger partial charge in [-0.15, -0.1) is 0 Å². The predicted octanol–water partition coefficient (Wildman–Crippen LogP) is 3.29. The number of hydrogen-bond donors (Lipinski definition) is 3. The first kappa shape index (κ1) is 19.6. The highest BCUT2D eigenvalue weighted by Crippen LogP contribution is 2.18. The minimum Gasteiger partial charge on any atom is -0.494 e. The topological polar surface area (TPSA) is 106 Å². The van der Waals surface area contributed by atoms with Gasteiger partial charge >= 0.3 is 0 Å². The van der Waals surface area contributed by atoms with E-state index in [9.17, 15) is 4.79 Å². The second-order valence-corrected chi connectivity index (χ2v) is 6.43. The van der Waals surface area contributed by atoms with E-state index in [0.717, 1.165) is 29.0 Å². The standard InChI is InChI=1S/C21H25N5O2/c1-2-13-28-18-10-3-15(4-11-18)5-12-20(27)23-17-8-6-16(7-9-17)21-24-19(14-22)25-26-21/h3-4,6-11H,2,5,12-14,22H2,1H3,(H,23,27)(H,24,25,26). The lowest BCUT2D eigenvalue weighted by atomic mass is 10.1. The predicted molar refractivity (Wildman–Crippen MR) is 109 cm³/mol. The molecule has 0 bridgehead atoms. The maximum Gasteiger partial charge on any atom is 0.224 e. The monoisotopic (exact) mass is 379 g/mol. The number of aromatic nitrogens is 3. The number of H-pyrrole nitrogens is 1. The summed E-state index contributed by atoms with van der Waals surface area (Å²) in [4.78, 5) is 16.5. The number of nitrogens with two attached hydrogens (primary N) is 1. The average molecular weight is 379 g/mol. The van der Waals surface area contributed by atoms with Crippen molar-refractivity contribution in [2.24, 2.45) is 5.73 Å². The maximum atomic E-state index is 12.2. The Hall–Kier alpha value is -3.19. The molecule has 0 aliphatic rings. The largest absolute Gasteiger partial charge is 0.494 e. The van der Waals surface area contributed by atoms with Crippen LogP contribution in [0.2, 0.25) is 0 Å². The van der Waals surface area contributed by atoms with Crippen LogP contribution in [0.1, 0.15) is 31.2 Å². The van der Waals surface area contributed by atoms with Crippen LogP contribution in [0.15, 0.2) is 48.5 Å². The molecule has 1 heterocycles. The fourth-order valence-electron chi connectivity index (χ4n) is 2.67. The number of nitrogens with one attached hydrogen (secondary N) is 2. The van der Waals surface area contributed by atoms with E-state index in [1.54, 1.807) is 0 Å². The molecule has 28 heavy (non-hydrogen) atoms. The van der Waals surface area contributed by atoms with Gasteiger partial charge in [-0.2, -0.15) is 5.10 Å². The van der Waals surface area contributed by atoms with Crippen molar-refractivity contribution in [3.05, 3.63) is 59.9 Å². The van der Waals surface area contributed by atoms with Crippen LogP contribution in [-0.2, 0) is 17.8 Å². The molecule has 0 radical (unpaired) electrons. The first-order valence-electron chi connectivity index (χ1n) is 9.41. The Kier molecular flexibility index (Phi) is 6.75. The number of benzene rings is 2. The molecule has 0 atom stereocenters. The molecule has 0 unspecified atom stereocenters. The summed E-state index contributed by atoms with van der Waals surface area (Å²) < 4.78 is 5.57. The third-order valence-electron chi connectivity index (χ3n) is 4.19. The van der Waals surface area contributed by atoms with Gasteiger partial charge in [-0.25, -0.2) is 4.98 Å². The van der Waals surface area contributed by atoms with Gasteiger partial charge in [0.05, 0.1) is 13.2 Å². The number of hydrogen-bond acceptors (Lipinski definition) is 5. The van der Waals surface area contributed by atoms with E-state index in [4.69, 9.17) is 10.5 Å². The van der Waals surface area contributed by atoms with Gasteiger partial charge in [-0.05, 0) is 54.8 Å². The van der Waals surface area contributed by atoms with Gasteiger partial charge < -0.3 is 15.8 Å². The molecule has 0 saturated carbocycles. The van der Waals surface area contributed by atoms with Gasteiger partial charge in [0.15, 0.2) is 5.82 Å². The Morgan fingerprint density at radius 1 is 1.14 bits per heavy atom. The quantitative estimate of drug-likeness (QED) is 0.529. The summed E-state index contributed by atoms with van der Waals surface area (Å²) in [5.41, 5.74) is 8.24. The molecule has 7 nitrogen and oxygen atoms in total. The number of aryl methyl sites for hydroxylation is 1. The third-order valence-corrected chi connectivity index (χ3v) is 4.19. The summed E-state index contributed by atoms with van der Waals surface area (Å²) in [6, 6.07) is 15.3. The minimum atomic E-state index is -0.0256. The summed E-state index contributed by atoms with van der Waals surface area (Å²) in [7, 11) is 0. The Balaban J connectivity index is 1.49. The fraction of sp³-hybridized carbons (Fsp3) is 0.286. The van der Waals surface area contributed by atoms with Crippen LogP contribution < -0.4 is 15.8 Å². The van der Waals surface area contributed by atoms with Gasteiger partial charge in [0.1, 0.15) is 11.6 Å². The minimum absolute atomic E-state index is 0.0256. The van der Waals surface area contributed by atoms with E-state index >= 15 is 0 Å². The van der Waals surface area contributed by atoms with Crippen LogP contribution in [0.5, 0.6) is 5.75 Å². The molecule has 1 amide bonds. The number of carbonyl (C=O) groups is 1. The summed E-state index contributed by atoms with van der Waals surface area (Å²) in [6.45, 7) is 3.10. The van der Waals surface area contributed by atoms with Crippen LogP contribution in [0, 0.1) is 0 Å². The fourth-order valence-corrected chi connectivity index (χ4v) is 2.67. The van der Waals surface area contributed by atoms with Crippen LogP contribution in [0.3, 0.4) is 0 Å². The normalized spacial score (nSPS) is 10.6. The number of amides is 1. The van der Waals surface area contributed by atoms with Crippen molar-refractivity contribution < 1.29 is 9.53 Å². The van der Waals surface area contributed by atoms with Gasteiger partial charge in [0.25, 0.3) is 0 Å². The lowest BCUT2D eigenvalue weighted by molar-refractivity contribution is -0.116. The van der Waals surface area contributed by atoms with E-state index in [2.05, 4.69) is 27.4 Å².